The molecule has 10 nitrogen and oxygen atoms in total. The number of amides is 3. The molecule has 0 saturated carbocycles. The van der Waals surface area contributed by atoms with Crippen LogP contribution in [0, 0.1) is 29.2 Å². The van der Waals surface area contributed by atoms with Crippen molar-refractivity contribution < 1.29 is 46.6 Å². The van der Waals surface area contributed by atoms with E-state index in [0.717, 1.165) is 5.39 Å². The van der Waals surface area contributed by atoms with Crippen molar-refractivity contribution in [1.82, 2.24) is 20.9 Å². The summed E-state index contributed by atoms with van der Waals surface area (Å²) in [5, 5.41) is 17.0. The van der Waals surface area contributed by atoms with Gasteiger partial charge in [-0.3, -0.25) is 19.2 Å². The van der Waals surface area contributed by atoms with Crippen molar-refractivity contribution in [3.63, 3.8) is 0 Å². The summed E-state index contributed by atoms with van der Waals surface area (Å²) in [4.78, 5) is 52.9. The number of rotatable bonds is 11. The number of aromatic amines is 1. The highest BCUT2D eigenvalue weighted by Gasteiger charge is 2.33. The zero-order valence-corrected chi connectivity index (χ0v) is 20.8. The standard InChI is InChI=1S/C26H24F4N4O6/c27-20-14(10-35)21(28)23(30)24(22(20)29)40-11-18(36)16(8-13-5-6-31-25(13)38)34-19(37)9-32-26(39)17-7-12-3-1-2-4-15(12)33-17/h1-4,7,13,16,33,35H,5-6,8-11H2,(H,31,38)(H,32,39)(H,34,37). The molecule has 2 aromatic carbocycles. The van der Waals surface area contributed by atoms with Crippen LogP contribution in [0.25, 0.3) is 10.9 Å². The van der Waals surface area contributed by atoms with Gasteiger partial charge in [0, 0.05) is 23.4 Å². The molecule has 1 aliphatic heterocycles. The average Bonchev–Trinajstić information content (AvgIpc) is 3.56. The van der Waals surface area contributed by atoms with Gasteiger partial charge in [0.05, 0.1) is 24.8 Å². The lowest BCUT2D eigenvalue weighted by atomic mass is 9.96. The number of aliphatic hydroxyl groups excluding tert-OH is 1. The Morgan fingerprint density at radius 2 is 1.77 bits per heavy atom. The lowest BCUT2D eigenvalue weighted by Crippen LogP contribution is -2.48. The third kappa shape index (κ3) is 6.06. The van der Waals surface area contributed by atoms with Crippen LogP contribution in [0.3, 0.4) is 0 Å². The van der Waals surface area contributed by atoms with E-state index in [1.165, 1.54) is 0 Å². The number of carbonyl (C=O) groups is 4. The number of carbonyl (C=O) groups excluding carboxylic acids is 4. The van der Waals surface area contributed by atoms with Gasteiger partial charge < -0.3 is 30.8 Å². The summed E-state index contributed by atoms with van der Waals surface area (Å²) in [6.07, 6.45) is 0.144. The molecule has 3 amide bonds. The van der Waals surface area contributed by atoms with Crippen LogP contribution in [-0.2, 0) is 21.0 Å². The summed E-state index contributed by atoms with van der Waals surface area (Å²) in [6, 6.07) is 7.30. The lowest BCUT2D eigenvalue weighted by Gasteiger charge is -2.20. The lowest BCUT2D eigenvalue weighted by molar-refractivity contribution is -0.130. The predicted octanol–water partition coefficient (Wildman–Crippen LogP) is 1.61. The Labute approximate surface area is 224 Å². The number of nitrogens with one attached hydrogen (secondary N) is 4. The van der Waals surface area contributed by atoms with Crippen LogP contribution in [0.2, 0.25) is 0 Å². The summed E-state index contributed by atoms with van der Waals surface area (Å²) in [5.74, 6) is -12.6. The van der Waals surface area contributed by atoms with Gasteiger partial charge in [0.25, 0.3) is 5.91 Å². The maximum Gasteiger partial charge on any atom is 0.268 e. The number of ketones is 1. The van der Waals surface area contributed by atoms with Gasteiger partial charge in [0.15, 0.2) is 23.2 Å². The fraction of sp³-hybridized carbons (Fsp3) is 0.308. The van der Waals surface area contributed by atoms with Crippen LogP contribution >= 0.6 is 0 Å². The Morgan fingerprint density at radius 3 is 2.40 bits per heavy atom. The van der Waals surface area contributed by atoms with Crippen molar-refractivity contribution in [2.24, 2.45) is 5.92 Å². The van der Waals surface area contributed by atoms with Crippen LogP contribution in [0.5, 0.6) is 5.75 Å². The number of H-pyrrole nitrogens is 1. The molecule has 2 unspecified atom stereocenters. The molecule has 212 valence electrons. The number of para-hydroxylation sites is 1. The summed E-state index contributed by atoms with van der Waals surface area (Å²) in [6.45, 7) is -2.66. The largest absolute Gasteiger partial charge is 0.479 e. The second-order valence-electron chi connectivity index (χ2n) is 9.06. The number of hydrogen-bond donors (Lipinski definition) is 5. The smallest absolute Gasteiger partial charge is 0.268 e. The fourth-order valence-corrected chi connectivity index (χ4v) is 4.29. The Kier molecular flexibility index (Phi) is 8.67. The normalized spacial score (nSPS) is 15.5. The SMILES string of the molecule is O=C(CNC(=O)c1cc2ccccc2[nH]1)NC(CC1CCNC1=O)C(=O)COc1c(F)c(F)c(CO)c(F)c1F. The monoisotopic (exact) mass is 564 g/mol. The van der Waals surface area contributed by atoms with E-state index < -0.39 is 83.9 Å². The van der Waals surface area contributed by atoms with E-state index >= 15 is 0 Å². The van der Waals surface area contributed by atoms with Gasteiger partial charge in [-0.15, -0.1) is 0 Å². The number of Topliss-reactive ketones (excluding diaryl/α,β-unsaturated/α-hetero) is 1. The molecule has 1 fully saturated rings. The van der Waals surface area contributed by atoms with Crippen molar-refractivity contribution in [2.75, 3.05) is 19.7 Å². The van der Waals surface area contributed by atoms with Crippen molar-refractivity contribution >= 4 is 34.4 Å². The highest BCUT2D eigenvalue weighted by Crippen LogP contribution is 2.30. The van der Waals surface area contributed by atoms with Gasteiger partial charge in [-0.25, -0.2) is 8.78 Å². The van der Waals surface area contributed by atoms with Crippen molar-refractivity contribution in [1.29, 1.82) is 0 Å². The third-order valence-electron chi connectivity index (χ3n) is 6.42. The molecule has 1 aliphatic rings. The van der Waals surface area contributed by atoms with Crippen LogP contribution in [0.4, 0.5) is 17.6 Å². The van der Waals surface area contributed by atoms with Crippen molar-refractivity contribution in [3.05, 3.63) is 64.9 Å². The van der Waals surface area contributed by atoms with Crippen LogP contribution in [-0.4, -0.2) is 59.3 Å². The Hall–Kier alpha value is -4.46. The second-order valence-corrected chi connectivity index (χ2v) is 9.06. The molecule has 0 bridgehead atoms. The number of aromatic nitrogens is 1. The molecule has 2 heterocycles. The highest BCUT2D eigenvalue weighted by molar-refractivity contribution is 6.00. The molecule has 2 atom stereocenters. The van der Waals surface area contributed by atoms with Gasteiger partial charge >= 0.3 is 0 Å². The molecule has 5 N–H and O–H groups in total. The summed E-state index contributed by atoms with van der Waals surface area (Å²) < 4.78 is 61.1. The minimum Gasteiger partial charge on any atom is -0.479 e. The molecular formula is C26H24F4N4O6. The zero-order chi connectivity index (χ0) is 29.0. The molecule has 1 saturated heterocycles. The number of ether oxygens (including phenoxy) is 1. The molecular weight excluding hydrogens is 540 g/mol. The van der Waals surface area contributed by atoms with Gasteiger partial charge in [-0.2, -0.15) is 8.78 Å². The van der Waals surface area contributed by atoms with E-state index in [4.69, 9.17) is 9.84 Å². The number of fused-ring (bicyclic) bond motifs is 1. The Morgan fingerprint density at radius 1 is 1.07 bits per heavy atom. The van der Waals surface area contributed by atoms with Crippen molar-refractivity contribution in [3.8, 4) is 5.75 Å². The molecule has 0 aliphatic carbocycles. The fourth-order valence-electron chi connectivity index (χ4n) is 4.29. The maximum atomic E-state index is 14.2. The van der Waals surface area contributed by atoms with Crippen LogP contribution < -0.4 is 20.7 Å². The third-order valence-corrected chi connectivity index (χ3v) is 6.42. The first-order valence-corrected chi connectivity index (χ1v) is 12.1. The van der Waals surface area contributed by atoms with E-state index in [1.807, 2.05) is 0 Å². The zero-order valence-electron chi connectivity index (χ0n) is 20.8. The number of aliphatic hydroxyl groups is 1. The summed E-state index contributed by atoms with van der Waals surface area (Å²) in [5.41, 5.74) is -0.356. The second kappa shape index (κ2) is 12.2. The maximum absolute atomic E-state index is 14.2. The summed E-state index contributed by atoms with van der Waals surface area (Å²) >= 11 is 0. The van der Waals surface area contributed by atoms with Crippen LogP contribution in [0.15, 0.2) is 30.3 Å². The highest BCUT2D eigenvalue weighted by atomic mass is 19.2. The molecule has 1 aromatic heterocycles. The number of halogens is 4. The molecule has 4 rings (SSSR count). The molecule has 0 radical (unpaired) electrons. The minimum atomic E-state index is -1.95. The Balaban J connectivity index is 1.42. The van der Waals surface area contributed by atoms with Gasteiger partial charge in [-0.05, 0) is 25.0 Å². The average molecular weight is 564 g/mol. The van der Waals surface area contributed by atoms with Gasteiger partial charge in [0.2, 0.25) is 23.4 Å². The van der Waals surface area contributed by atoms with E-state index in [2.05, 4.69) is 20.9 Å². The van der Waals surface area contributed by atoms with Crippen molar-refractivity contribution in [2.45, 2.75) is 25.5 Å². The van der Waals surface area contributed by atoms with Crippen LogP contribution in [0.1, 0.15) is 28.9 Å². The molecule has 0 spiro atoms. The van der Waals surface area contributed by atoms with Gasteiger partial charge in [-0.1, -0.05) is 18.2 Å². The quantitative estimate of drug-likeness (QED) is 0.177. The van der Waals surface area contributed by atoms with E-state index in [0.29, 0.717) is 18.5 Å². The minimum absolute atomic E-state index is 0.188. The topological polar surface area (TPSA) is 150 Å². The number of benzene rings is 2. The molecule has 14 heteroatoms. The predicted molar refractivity (Wildman–Crippen MR) is 131 cm³/mol. The summed E-state index contributed by atoms with van der Waals surface area (Å²) in [7, 11) is 0. The van der Waals surface area contributed by atoms with Gasteiger partial charge in [0.1, 0.15) is 12.3 Å². The molecule has 40 heavy (non-hydrogen) atoms. The first-order chi connectivity index (χ1) is 19.1. The molecule has 3 aromatic rings. The first-order valence-electron chi connectivity index (χ1n) is 12.1. The van der Waals surface area contributed by atoms with E-state index in [-0.39, 0.29) is 18.0 Å². The first kappa shape index (κ1) is 28.5. The van der Waals surface area contributed by atoms with E-state index in [9.17, 15) is 36.7 Å². The van der Waals surface area contributed by atoms with E-state index in [1.54, 1.807) is 30.3 Å². The Bertz CT molecular complexity index is 1410. The number of hydrogen-bond acceptors (Lipinski definition) is 6.